The number of rotatable bonds is 5. The molecule has 0 unspecified atom stereocenters. The van der Waals surface area contributed by atoms with Gasteiger partial charge in [-0.2, -0.15) is 0 Å². The van der Waals surface area contributed by atoms with Crippen LogP contribution in [0.2, 0.25) is 0 Å². The van der Waals surface area contributed by atoms with Crippen molar-refractivity contribution in [2.75, 3.05) is 0 Å². The summed E-state index contributed by atoms with van der Waals surface area (Å²) in [6.45, 7) is 8.43. The molecule has 0 saturated heterocycles. The molecule has 2 heteroatoms. The molecule has 0 fully saturated rings. The van der Waals surface area contributed by atoms with Crippen LogP contribution in [0.4, 0.5) is 0 Å². The van der Waals surface area contributed by atoms with Crippen molar-refractivity contribution in [1.82, 2.24) is 9.97 Å². The minimum atomic E-state index is 0.892. The van der Waals surface area contributed by atoms with E-state index in [1.165, 1.54) is 36.0 Å². The van der Waals surface area contributed by atoms with Crippen LogP contribution in [0.3, 0.4) is 0 Å². The Morgan fingerprint density at radius 3 is 2.64 bits per heavy atom. The molecule has 0 amide bonds. The highest BCUT2D eigenvalue weighted by atomic mass is 14.8. The Morgan fingerprint density at radius 2 is 1.82 bits per heavy atom. The van der Waals surface area contributed by atoms with E-state index in [9.17, 15) is 0 Å². The molecule has 0 saturated carbocycles. The second kappa shape index (κ2) is 6.69. The van der Waals surface area contributed by atoms with Gasteiger partial charge in [-0.25, -0.2) is 9.97 Å². The molecule has 112 valence electrons. The molecule has 2 aliphatic rings. The lowest BCUT2D eigenvalue weighted by Crippen LogP contribution is -1.91. The Balaban J connectivity index is 1.64. The maximum absolute atomic E-state index is 4.29. The standard InChI is InChI=1S/C20H22N2/c1-15(9-10-16(2)20-12-21-14-22-13-20)18-7-3-5-17-6-4-8-19(17)11-18/h3,7,11-14H,1-2,4-6,8-10H2. The third kappa shape index (κ3) is 3.33. The van der Waals surface area contributed by atoms with E-state index >= 15 is 0 Å². The summed E-state index contributed by atoms with van der Waals surface area (Å²) in [6.07, 6.45) is 18.8. The Bertz CT molecular complexity index is 675. The van der Waals surface area contributed by atoms with Crippen LogP contribution in [-0.4, -0.2) is 9.97 Å². The van der Waals surface area contributed by atoms with Crippen molar-refractivity contribution in [1.29, 1.82) is 0 Å². The molecule has 2 aliphatic carbocycles. The van der Waals surface area contributed by atoms with Gasteiger partial charge in [0.1, 0.15) is 6.33 Å². The summed E-state index contributed by atoms with van der Waals surface area (Å²) < 4.78 is 0. The summed E-state index contributed by atoms with van der Waals surface area (Å²) in [7, 11) is 0. The summed E-state index contributed by atoms with van der Waals surface area (Å²) >= 11 is 0. The molecule has 1 aromatic heterocycles. The fourth-order valence-electron chi connectivity index (χ4n) is 3.09. The lowest BCUT2D eigenvalue weighted by Gasteiger charge is -2.09. The van der Waals surface area contributed by atoms with Gasteiger partial charge in [0.2, 0.25) is 0 Å². The van der Waals surface area contributed by atoms with Crippen molar-refractivity contribution < 1.29 is 0 Å². The van der Waals surface area contributed by atoms with Gasteiger partial charge < -0.3 is 0 Å². The first-order chi connectivity index (χ1) is 10.7. The van der Waals surface area contributed by atoms with Gasteiger partial charge in [-0.3, -0.25) is 0 Å². The van der Waals surface area contributed by atoms with Crippen molar-refractivity contribution in [2.24, 2.45) is 0 Å². The zero-order valence-corrected chi connectivity index (χ0v) is 13.0. The molecule has 22 heavy (non-hydrogen) atoms. The van der Waals surface area contributed by atoms with E-state index in [1.54, 1.807) is 11.9 Å². The van der Waals surface area contributed by atoms with Crippen LogP contribution in [0.5, 0.6) is 0 Å². The third-order valence-corrected chi connectivity index (χ3v) is 4.48. The zero-order chi connectivity index (χ0) is 15.4. The maximum atomic E-state index is 4.29. The summed E-state index contributed by atoms with van der Waals surface area (Å²) in [5.41, 5.74) is 7.71. The first-order valence-corrected chi connectivity index (χ1v) is 7.94. The van der Waals surface area contributed by atoms with Crippen LogP contribution in [0.15, 0.2) is 72.4 Å². The van der Waals surface area contributed by atoms with Crippen LogP contribution in [0.25, 0.3) is 5.57 Å². The normalized spacial score (nSPS) is 17.0. The van der Waals surface area contributed by atoms with Crippen molar-refractivity contribution in [3.63, 3.8) is 0 Å². The molecule has 1 aromatic rings. The van der Waals surface area contributed by atoms with Crippen LogP contribution >= 0.6 is 0 Å². The summed E-state index contributed by atoms with van der Waals surface area (Å²) in [5.74, 6) is 0. The van der Waals surface area contributed by atoms with E-state index in [-0.39, 0.29) is 0 Å². The molecular formula is C20H22N2. The van der Waals surface area contributed by atoms with Gasteiger partial charge in [0, 0.05) is 18.0 Å². The average Bonchev–Trinajstić information content (AvgIpc) is 2.90. The van der Waals surface area contributed by atoms with Gasteiger partial charge in [-0.15, -0.1) is 0 Å². The highest BCUT2D eigenvalue weighted by molar-refractivity contribution is 5.62. The smallest absolute Gasteiger partial charge is 0.115 e. The summed E-state index contributed by atoms with van der Waals surface area (Å²) in [6, 6.07) is 0. The van der Waals surface area contributed by atoms with Crippen molar-refractivity contribution in [3.8, 4) is 0 Å². The molecule has 1 heterocycles. The van der Waals surface area contributed by atoms with Crippen LogP contribution in [0, 0.1) is 0 Å². The fraction of sp³-hybridized carbons (Fsp3) is 0.300. The van der Waals surface area contributed by atoms with E-state index in [2.05, 4.69) is 41.4 Å². The van der Waals surface area contributed by atoms with E-state index in [1.807, 2.05) is 12.4 Å². The SMILES string of the molecule is C=C(CCC(=C)c1cncnc1)C1=CC2=C(CC=C1)CCC2. The molecule has 0 N–H and O–H groups in total. The Labute approximate surface area is 132 Å². The molecule has 3 rings (SSSR count). The van der Waals surface area contributed by atoms with Gasteiger partial charge in [0.25, 0.3) is 0 Å². The lowest BCUT2D eigenvalue weighted by atomic mass is 9.96. The topological polar surface area (TPSA) is 25.8 Å². The highest BCUT2D eigenvalue weighted by Crippen LogP contribution is 2.34. The van der Waals surface area contributed by atoms with Gasteiger partial charge in [0.05, 0.1) is 0 Å². The Hall–Kier alpha value is -2.22. The first-order valence-electron chi connectivity index (χ1n) is 7.94. The van der Waals surface area contributed by atoms with Crippen LogP contribution in [0.1, 0.15) is 44.1 Å². The Morgan fingerprint density at radius 1 is 1.05 bits per heavy atom. The molecule has 0 atom stereocenters. The predicted octanol–water partition coefficient (Wildman–Crippen LogP) is 5.19. The molecule has 0 aromatic carbocycles. The molecule has 0 radical (unpaired) electrons. The number of aromatic nitrogens is 2. The first kappa shape index (κ1) is 14.7. The highest BCUT2D eigenvalue weighted by Gasteiger charge is 2.15. The van der Waals surface area contributed by atoms with E-state index in [0.717, 1.165) is 30.4 Å². The Kier molecular flexibility index (Phi) is 4.47. The number of hydrogen-bond acceptors (Lipinski definition) is 2. The molecular weight excluding hydrogens is 268 g/mol. The van der Waals surface area contributed by atoms with Crippen molar-refractivity contribution in [2.45, 2.75) is 38.5 Å². The minimum Gasteiger partial charge on any atom is -0.244 e. The van der Waals surface area contributed by atoms with Gasteiger partial charge in [-0.05, 0) is 60.8 Å². The van der Waals surface area contributed by atoms with Crippen LogP contribution < -0.4 is 0 Å². The number of hydrogen-bond donors (Lipinski definition) is 0. The van der Waals surface area contributed by atoms with E-state index < -0.39 is 0 Å². The van der Waals surface area contributed by atoms with E-state index in [4.69, 9.17) is 0 Å². The summed E-state index contributed by atoms with van der Waals surface area (Å²) in [5, 5.41) is 0. The number of allylic oxidation sites excluding steroid dienone is 8. The average molecular weight is 290 g/mol. The molecule has 0 spiro atoms. The monoisotopic (exact) mass is 290 g/mol. The predicted molar refractivity (Wildman–Crippen MR) is 92.2 cm³/mol. The largest absolute Gasteiger partial charge is 0.244 e. The van der Waals surface area contributed by atoms with E-state index in [0.29, 0.717) is 0 Å². The quantitative estimate of drug-likeness (QED) is 0.745. The minimum absolute atomic E-state index is 0.892. The lowest BCUT2D eigenvalue weighted by molar-refractivity contribution is 0.886. The van der Waals surface area contributed by atoms with Crippen molar-refractivity contribution >= 4 is 5.57 Å². The van der Waals surface area contributed by atoms with Gasteiger partial charge in [0.15, 0.2) is 0 Å². The van der Waals surface area contributed by atoms with Gasteiger partial charge >= 0.3 is 0 Å². The number of nitrogens with zero attached hydrogens (tertiary/aromatic N) is 2. The third-order valence-electron chi connectivity index (χ3n) is 4.48. The van der Waals surface area contributed by atoms with Crippen molar-refractivity contribution in [3.05, 3.63) is 78.0 Å². The fourth-order valence-corrected chi connectivity index (χ4v) is 3.09. The molecule has 2 nitrogen and oxygen atoms in total. The maximum Gasteiger partial charge on any atom is 0.115 e. The van der Waals surface area contributed by atoms with Gasteiger partial charge in [-0.1, -0.05) is 37.0 Å². The summed E-state index contributed by atoms with van der Waals surface area (Å²) in [4.78, 5) is 8.10. The molecule has 0 bridgehead atoms. The second-order valence-electron chi connectivity index (χ2n) is 6.02. The van der Waals surface area contributed by atoms with Crippen LogP contribution in [-0.2, 0) is 0 Å². The molecule has 0 aliphatic heterocycles. The second-order valence-corrected chi connectivity index (χ2v) is 6.02. The zero-order valence-electron chi connectivity index (χ0n) is 13.0.